The molecule has 2 saturated carbocycles. The molecule has 3 rings (SSSR count). The van der Waals surface area contributed by atoms with Gasteiger partial charge < -0.3 is 0 Å². The highest BCUT2D eigenvalue weighted by molar-refractivity contribution is 14.1. The summed E-state index contributed by atoms with van der Waals surface area (Å²) in [5, 5.41) is 0. The summed E-state index contributed by atoms with van der Waals surface area (Å²) in [6.45, 7) is 2.32. The molecule has 0 unspecified atom stereocenters. The van der Waals surface area contributed by atoms with Crippen LogP contribution in [0.1, 0.15) is 76.2 Å². The highest BCUT2D eigenvalue weighted by Crippen LogP contribution is 2.44. The van der Waals surface area contributed by atoms with Gasteiger partial charge >= 0.3 is 0 Å². The monoisotopic (exact) mass is 432 g/mol. The van der Waals surface area contributed by atoms with Crippen molar-refractivity contribution >= 4 is 22.6 Å². The lowest BCUT2D eigenvalue weighted by Gasteiger charge is -2.38. The predicted octanol–water partition coefficient (Wildman–Crippen LogP) is 7.06. The molecule has 1 aromatic rings. The van der Waals surface area contributed by atoms with Crippen LogP contribution in [0.4, 0.5) is 8.78 Å². The van der Waals surface area contributed by atoms with Gasteiger partial charge in [-0.15, -0.1) is 0 Å². The molecule has 128 valence electrons. The van der Waals surface area contributed by atoms with Crippen molar-refractivity contribution in [3.05, 3.63) is 32.9 Å². The minimum absolute atomic E-state index is 0.414. The quantitative estimate of drug-likeness (QED) is 0.354. The fourth-order valence-electron chi connectivity index (χ4n) is 4.80. The van der Waals surface area contributed by atoms with Crippen LogP contribution in [0.2, 0.25) is 0 Å². The zero-order chi connectivity index (χ0) is 16.4. The van der Waals surface area contributed by atoms with Crippen molar-refractivity contribution < 1.29 is 8.78 Å². The summed E-state index contributed by atoms with van der Waals surface area (Å²) in [6, 6.07) is 3.27. The van der Waals surface area contributed by atoms with Gasteiger partial charge in [0.25, 0.3) is 0 Å². The van der Waals surface area contributed by atoms with E-state index in [-0.39, 0.29) is 0 Å². The topological polar surface area (TPSA) is 0 Å². The molecule has 0 saturated heterocycles. The summed E-state index contributed by atoms with van der Waals surface area (Å²) >= 11 is 1.90. The molecule has 0 aromatic heterocycles. The highest BCUT2D eigenvalue weighted by atomic mass is 127. The van der Waals surface area contributed by atoms with Crippen LogP contribution in [-0.4, -0.2) is 0 Å². The fourth-order valence-corrected chi connectivity index (χ4v) is 5.42. The van der Waals surface area contributed by atoms with Gasteiger partial charge in [0.05, 0.1) is 3.57 Å². The zero-order valence-electron chi connectivity index (χ0n) is 14.0. The first kappa shape index (κ1) is 17.6. The molecule has 0 atom stereocenters. The molecule has 2 aliphatic rings. The molecule has 0 bridgehead atoms. The van der Waals surface area contributed by atoms with Gasteiger partial charge in [-0.3, -0.25) is 0 Å². The van der Waals surface area contributed by atoms with E-state index in [4.69, 9.17) is 0 Å². The Bertz CT molecular complexity index is 503. The Morgan fingerprint density at radius 1 is 0.913 bits per heavy atom. The van der Waals surface area contributed by atoms with Crippen molar-refractivity contribution in [3.63, 3.8) is 0 Å². The summed E-state index contributed by atoms with van der Waals surface area (Å²) in [6.07, 6.45) is 11.8. The molecule has 0 N–H and O–H groups in total. The average Bonchev–Trinajstić information content (AvgIpc) is 2.59. The summed E-state index contributed by atoms with van der Waals surface area (Å²) in [7, 11) is 0. The van der Waals surface area contributed by atoms with Crippen LogP contribution in [0, 0.1) is 33.0 Å². The second-order valence-electron chi connectivity index (χ2n) is 7.60. The van der Waals surface area contributed by atoms with Crippen LogP contribution in [-0.2, 0) is 0 Å². The lowest BCUT2D eigenvalue weighted by Crippen LogP contribution is -2.25. The molecular formula is C20H27F2I. The SMILES string of the molecule is CCC1CCC(C2CCC(c3cc(F)c(F)c(I)c3)CC2)CC1. The van der Waals surface area contributed by atoms with Gasteiger partial charge in [0.1, 0.15) is 0 Å². The van der Waals surface area contributed by atoms with Crippen LogP contribution in [0.25, 0.3) is 0 Å². The highest BCUT2D eigenvalue weighted by Gasteiger charge is 2.31. The molecule has 0 heterocycles. The van der Waals surface area contributed by atoms with Crippen molar-refractivity contribution in [2.45, 2.75) is 70.6 Å². The Kier molecular flexibility index (Phi) is 5.97. The lowest BCUT2D eigenvalue weighted by molar-refractivity contribution is 0.158. The number of hydrogen-bond donors (Lipinski definition) is 0. The molecule has 0 amide bonds. The van der Waals surface area contributed by atoms with Crippen molar-refractivity contribution in [2.24, 2.45) is 17.8 Å². The predicted molar refractivity (Wildman–Crippen MR) is 99.5 cm³/mol. The van der Waals surface area contributed by atoms with E-state index >= 15 is 0 Å². The lowest BCUT2D eigenvalue weighted by atomic mass is 9.68. The van der Waals surface area contributed by atoms with E-state index in [1.807, 2.05) is 28.7 Å². The summed E-state index contributed by atoms with van der Waals surface area (Å²) in [5.74, 6) is 1.79. The largest absolute Gasteiger partial charge is 0.204 e. The van der Waals surface area contributed by atoms with Crippen molar-refractivity contribution in [1.82, 2.24) is 0 Å². The summed E-state index contributed by atoms with van der Waals surface area (Å²) in [4.78, 5) is 0. The third-order valence-electron chi connectivity index (χ3n) is 6.38. The number of halogens is 3. The van der Waals surface area contributed by atoms with Crippen LogP contribution in [0.5, 0.6) is 0 Å². The van der Waals surface area contributed by atoms with Gasteiger partial charge in [0, 0.05) is 0 Å². The van der Waals surface area contributed by atoms with E-state index in [2.05, 4.69) is 6.92 Å². The van der Waals surface area contributed by atoms with Crippen LogP contribution in [0.3, 0.4) is 0 Å². The standard InChI is InChI=1S/C20H27F2I/c1-2-13-3-5-14(6-4-13)15-7-9-16(10-8-15)17-11-18(21)20(22)19(23)12-17/h11-16H,2-10H2,1H3. The smallest absolute Gasteiger partial charge is 0.172 e. The molecular weight excluding hydrogens is 405 g/mol. The Hall–Kier alpha value is -0.190. The Morgan fingerprint density at radius 3 is 2.00 bits per heavy atom. The van der Waals surface area contributed by atoms with E-state index in [1.54, 1.807) is 0 Å². The molecule has 23 heavy (non-hydrogen) atoms. The van der Waals surface area contributed by atoms with Gasteiger partial charge in [-0.2, -0.15) is 0 Å². The van der Waals surface area contributed by atoms with E-state index in [0.717, 1.165) is 36.2 Å². The second kappa shape index (κ2) is 7.79. The Labute approximate surface area is 152 Å². The van der Waals surface area contributed by atoms with E-state index in [1.165, 1.54) is 51.0 Å². The number of benzene rings is 1. The van der Waals surface area contributed by atoms with E-state index < -0.39 is 11.6 Å². The molecule has 2 fully saturated rings. The fraction of sp³-hybridized carbons (Fsp3) is 0.700. The maximum absolute atomic E-state index is 13.7. The maximum atomic E-state index is 13.7. The molecule has 0 spiro atoms. The van der Waals surface area contributed by atoms with Gasteiger partial charge in [-0.25, -0.2) is 8.78 Å². The minimum atomic E-state index is -0.698. The number of hydrogen-bond acceptors (Lipinski definition) is 0. The van der Waals surface area contributed by atoms with Crippen molar-refractivity contribution in [2.75, 3.05) is 0 Å². The first-order valence-electron chi connectivity index (χ1n) is 9.22. The van der Waals surface area contributed by atoms with Crippen LogP contribution >= 0.6 is 22.6 Å². The van der Waals surface area contributed by atoms with Crippen molar-refractivity contribution in [3.8, 4) is 0 Å². The van der Waals surface area contributed by atoms with E-state index in [9.17, 15) is 8.78 Å². The number of rotatable bonds is 3. The third kappa shape index (κ3) is 4.08. The van der Waals surface area contributed by atoms with Crippen LogP contribution in [0.15, 0.2) is 12.1 Å². The van der Waals surface area contributed by atoms with Gasteiger partial charge in [0.15, 0.2) is 11.6 Å². The molecule has 2 aliphatic carbocycles. The first-order chi connectivity index (χ1) is 11.1. The Morgan fingerprint density at radius 2 is 1.48 bits per heavy atom. The maximum Gasteiger partial charge on any atom is 0.172 e. The molecule has 0 aliphatic heterocycles. The normalized spacial score (nSPS) is 32.0. The Balaban J connectivity index is 1.56. The molecule has 0 radical (unpaired) electrons. The van der Waals surface area contributed by atoms with Crippen LogP contribution < -0.4 is 0 Å². The average molecular weight is 432 g/mol. The second-order valence-corrected chi connectivity index (χ2v) is 8.76. The van der Waals surface area contributed by atoms with Gasteiger partial charge in [-0.05, 0) is 102 Å². The van der Waals surface area contributed by atoms with Gasteiger partial charge in [0.2, 0.25) is 0 Å². The molecule has 3 heteroatoms. The third-order valence-corrected chi connectivity index (χ3v) is 7.17. The van der Waals surface area contributed by atoms with Gasteiger partial charge in [-0.1, -0.05) is 26.2 Å². The minimum Gasteiger partial charge on any atom is -0.204 e. The first-order valence-corrected chi connectivity index (χ1v) is 10.3. The van der Waals surface area contributed by atoms with Crippen molar-refractivity contribution in [1.29, 1.82) is 0 Å². The molecule has 1 aromatic carbocycles. The van der Waals surface area contributed by atoms with E-state index in [0.29, 0.717) is 9.49 Å². The summed E-state index contributed by atoms with van der Waals surface area (Å²) in [5.41, 5.74) is 1.00. The summed E-state index contributed by atoms with van der Waals surface area (Å²) < 4.78 is 27.5. The molecule has 0 nitrogen and oxygen atoms in total. The zero-order valence-corrected chi connectivity index (χ0v) is 16.1.